The molecule has 4 nitrogen and oxygen atoms in total. The van der Waals surface area contributed by atoms with Crippen LogP contribution >= 0.6 is 0 Å². The summed E-state index contributed by atoms with van der Waals surface area (Å²) in [5.74, 6) is 0.565. The largest absolute Gasteiger partial charge is 0.392 e. The lowest BCUT2D eigenvalue weighted by Crippen LogP contribution is -2.37. The standard InChI is InChI=1S/C12H27NO3S/c1-10(2)8-11(14)9-13-6-7-17(15,16)12(3,4)5/h10-11,13-14H,6-9H2,1-5H3. The van der Waals surface area contributed by atoms with E-state index in [0.717, 1.165) is 6.42 Å². The van der Waals surface area contributed by atoms with E-state index in [1.54, 1.807) is 20.8 Å². The van der Waals surface area contributed by atoms with E-state index in [9.17, 15) is 13.5 Å². The Morgan fingerprint density at radius 1 is 1.24 bits per heavy atom. The molecule has 0 aromatic heterocycles. The third kappa shape index (κ3) is 7.01. The number of hydrogen-bond acceptors (Lipinski definition) is 4. The minimum Gasteiger partial charge on any atom is -0.392 e. The van der Waals surface area contributed by atoms with Crippen LogP contribution in [-0.2, 0) is 9.84 Å². The van der Waals surface area contributed by atoms with Crippen molar-refractivity contribution in [2.45, 2.75) is 51.9 Å². The summed E-state index contributed by atoms with van der Waals surface area (Å²) in [6.07, 6.45) is 0.339. The summed E-state index contributed by atoms with van der Waals surface area (Å²) in [4.78, 5) is 0. The molecule has 1 unspecified atom stereocenters. The van der Waals surface area contributed by atoms with Gasteiger partial charge in [-0.05, 0) is 33.1 Å². The van der Waals surface area contributed by atoms with Gasteiger partial charge in [0.1, 0.15) is 0 Å². The lowest BCUT2D eigenvalue weighted by Gasteiger charge is -2.19. The summed E-state index contributed by atoms with van der Waals surface area (Å²) in [5, 5.41) is 12.6. The summed E-state index contributed by atoms with van der Waals surface area (Å²) in [6.45, 7) is 10.1. The number of hydrogen-bond donors (Lipinski definition) is 2. The molecule has 5 heteroatoms. The van der Waals surface area contributed by atoms with Crippen molar-refractivity contribution in [1.82, 2.24) is 5.32 Å². The Labute approximate surface area is 106 Å². The van der Waals surface area contributed by atoms with Crippen molar-refractivity contribution < 1.29 is 13.5 Å². The highest BCUT2D eigenvalue weighted by atomic mass is 32.2. The molecule has 0 heterocycles. The van der Waals surface area contributed by atoms with E-state index in [2.05, 4.69) is 5.32 Å². The molecule has 0 aliphatic rings. The van der Waals surface area contributed by atoms with E-state index in [1.165, 1.54) is 0 Å². The van der Waals surface area contributed by atoms with Gasteiger partial charge in [-0.3, -0.25) is 0 Å². The van der Waals surface area contributed by atoms with Gasteiger partial charge in [0, 0.05) is 13.1 Å². The lowest BCUT2D eigenvalue weighted by atomic mass is 10.1. The van der Waals surface area contributed by atoms with Crippen molar-refractivity contribution in [2.24, 2.45) is 5.92 Å². The van der Waals surface area contributed by atoms with Crippen LogP contribution in [0, 0.1) is 5.92 Å². The molecule has 0 bridgehead atoms. The van der Waals surface area contributed by atoms with Crippen LogP contribution in [0.5, 0.6) is 0 Å². The predicted octanol–water partition coefficient (Wildman–Crippen LogP) is 1.20. The molecule has 0 aliphatic heterocycles. The molecule has 0 rings (SSSR count). The summed E-state index contributed by atoms with van der Waals surface area (Å²) in [6, 6.07) is 0. The van der Waals surface area contributed by atoms with Crippen molar-refractivity contribution in [3.63, 3.8) is 0 Å². The smallest absolute Gasteiger partial charge is 0.156 e. The fourth-order valence-corrected chi connectivity index (χ4v) is 2.43. The van der Waals surface area contributed by atoms with Crippen LogP contribution in [-0.4, -0.2) is 43.2 Å². The molecule has 0 spiro atoms. The number of nitrogens with one attached hydrogen (secondary N) is 1. The first-order chi connectivity index (χ1) is 7.56. The van der Waals surface area contributed by atoms with Crippen LogP contribution in [0.4, 0.5) is 0 Å². The van der Waals surface area contributed by atoms with Crippen molar-refractivity contribution in [3.8, 4) is 0 Å². The lowest BCUT2D eigenvalue weighted by molar-refractivity contribution is 0.147. The maximum atomic E-state index is 11.8. The highest BCUT2D eigenvalue weighted by Gasteiger charge is 2.28. The number of rotatable bonds is 7. The third-order valence-electron chi connectivity index (χ3n) is 2.60. The van der Waals surface area contributed by atoms with Crippen LogP contribution in [0.15, 0.2) is 0 Å². The van der Waals surface area contributed by atoms with Gasteiger partial charge < -0.3 is 10.4 Å². The van der Waals surface area contributed by atoms with Crippen molar-refractivity contribution >= 4 is 9.84 Å². The quantitative estimate of drug-likeness (QED) is 0.679. The Hall–Kier alpha value is -0.130. The molecule has 0 aromatic rings. The normalized spacial score (nSPS) is 15.2. The average Bonchev–Trinajstić information content (AvgIpc) is 2.09. The fourth-order valence-electron chi connectivity index (χ4n) is 1.41. The van der Waals surface area contributed by atoms with Gasteiger partial charge in [0.15, 0.2) is 9.84 Å². The highest BCUT2D eigenvalue weighted by molar-refractivity contribution is 7.92. The van der Waals surface area contributed by atoms with E-state index in [0.29, 0.717) is 19.0 Å². The van der Waals surface area contributed by atoms with Gasteiger partial charge in [0.05, 0.1) is 16.6 Å². The van der Waals surface area contributed by atoms with Crippen molar-refractivity contribution in [2.75, 3.05) is 18.8 Å². The topological polar surface area (TPSA) is 66.4 Å². The van der Waals surface area contributed by atoms with Gasteiger partial charge >= 0.3 is 0 Å². The molecule has 17 heavy (non-hydrogen) atoms. The second-order valence-electron chi connectivity index (χ2n) is 5.92. The second kappa shape index (κ2) is 6.71. The molecule has 0 amide bonds. The van der Waals surface area contributed by atoms with Gasteiger partial charge in [0.25, 0.3) is 0 Å². The first-order valence-corrected chi connectivity index (χ1v) is 7.82. The minimum absolute atomic E-state index is 0.116. The zero-order chi connectivity index (χ0) is 13.7. The molecule has 0 aromatic carbocycles. The summed E-state index contributed by atoms with van der Waals surface area (Å²) < 4.78 is 22.8. The first kappa shape index (κ1) is 16.9. The van der Waals surface area contributed by atoms with E-state index in [4.69, 9.17) is 0 Å². The zero-order valence-electron chi connectivity index (χ0n) is 11.7. The molecular weight excluding hydrogens is 238 g/mol. The number of sulfone groups is 1. The van der Waals surface area contributed by atoms with E-state index < -0.39 is 20.7 Å². The van der Waals surface area contributed by atoms with Crippen molar-refractivity contribution in [1.29, 1.82) is 0 Å². The summed E-state index contributed by atoms with van der Waals surface area (Å²) >= 11 is 0. The van der Waals surface area contributed by atoms with Gasteiger partial charge in [-0.25, -0.2) is 8.42 Å². The molecule has 0 fully saturated rings. The van der Waals surface area contributed by atoms with Crippen LogP contribution in [0.2, 0.25) is 0 Å². The molecule has 0 saturated carbocycles. The van der Waals surface area contributed by atoms with Gasteiger partial charge in [-0.15, -0.1) is 0 Å². The maximum Gasteiger partial charge on any atom is 0.156 e. The second-order valence-corrected chi connectivity index (χ2v) is 8.78. The van der Waals surface area contributed by atoms with E-state index in [1.807, 2.05) is 13.8 Å². The number of aliphatic hydroxyl groups excluding tert-OH is 1. The number of aliphatic hydroxyl groups is 1. The SMILES string of the molecule is CC(C)CC(O)CNCCS(=O)(=O)C(C)(C)C. The molecule has 0 saturated heterocycles. The van der Waals surface area contributed by atoms with E-state index in [-0.39, 0.29) is 5.75 Å². The fraction of sp³-hybridized carbons (Fsp3) is 1.00. The Balaban J connectivity index is 3.87. The Morgan fingerprint density at radius 2 is 1.76 bits per heavy atom. The Bertz CT molecular complexity index is 304. The van der Waals surface area contributed by atoms with Crippen LogP contribution in [0.1, 0.15) is 41.0 Å². The average molecular weight is 265 g/mol. The summed E-state index contributed by atoms with van der Waals surface area (Å²) in [7, 11) is -3.06. The van der Waals surface area contributed by atoms with Crippen LogP contribution < -0.4 is 5.32 Å². The zero-order valence-corrected chi connectivity index (χ0v) is 12.5. The molecule has 1 atom stereocenters. The van der Waals surface area contributed by atoms with Crippen molar-refractivity contribution in [3.05, 3.63) is 0 Å². The molecular formula is C12H27NO3S. The Kier molecular flexibility index (Phi) is 6.66. The third-order valence-corrected chi connectivity index (χ3v) is 5.21. The predicted molar refractivity (Wildman–Crippen MR) is 71.9 cm³/mol. The monoisotopic (exact) mass is 265 g/mol. The van der Waals surface area contributed by atoms with E-state index >= 15 is 0 Å². The van der Waals surface area contributed by atoms with Crippen LogP contribution in [0.3, 0.4) is 0 Å². The first-order valence-electron chi connectivity index (χ1n) is 6.17. The van der Waals surface area contributed by atoms with Crippen LogP contribution in [0.25, 0.3) is 0 Å². The Morgan fingerprint density at radius 3 is 2.18 bits per heavy atom. The van der Waals surface area contributed by atoms with Gasteiger partial charge in [-0.1, -0.05) is 13.8 Å². The highest BCUT2D eigenvalue weighted by Crippen LogP contribution is 2.15. The minimum atomic E-state index is -3.06. The van der Waals surface area contributed by atoms with Gasteiger partial charge in [-0.2, -0.15) is 0 Å². The molecule has 2 N–H and O–H groups in total. The summed E-state index contributed by atoms with van der Waals surface area (Å²) in [5.41, 5.74) is 0. The maximum absolute atomic E-state index is 11.8. The molecule has 104 valence electrons. The van der Waals surface area contributed by atoms with Gasteiger partial charge in [0.2, 0.25) is 0 Å². The molecule has 0 aliphatic carbocycles. The molecule has 0 radical (unpaired) electrons.